The van der Waals surface area contributed by atoms with Gasteiger partial charge in [-0.1, -0.05) is 29.5 Å². The smallest absolute Gasteiger partial charge is 0.186 e. The van der Waals surface area contributed by atoms with Crippen LogP contribution in [-0.2, 0) is 4.74 Å². The van der Waals surface area contributed by atoms with Gasteiger partial charge in [-0.25, -0.2) is 14.4 Å². The van der Waals surface area contributed by atoms with Crippen molar-refractivity contribution >= 4 is 38.1 Å². The number of morpholine rings is 1. The normalized spacial score (nSPS) is 17.6. The topological polar surface area (TPSA) is 66.1 Å². The zero-order chi connectivity index (χ0) is 26.2. The molecule has 3 aromatic carbocycles. The molecule has 0 amide bonds. The molecule has 1 aliphatic rings. The highest BCUT2D eigenvalue weighted by atomic mass is 32.1. The number of fused-ring (bicyclic) bond motifs is 1. The number of hydrogen-bond donors (Lipinski definition) is 2. The third-order valence-electron chi connectivity index (χ3n) is 6.72. The quantitative estimate of drug-likeness (QED) is 0.227. The van der Waals surface area contributed by atoms with Crippen molar-refractivity contribution in [2.24, 2.45) is 0 Å². The van der Waals surface area contributed by atoms with Gasteiger partial charge in [0.25, 0.3) is 0 Å². The van der Waals surface area contributed by atoms with Gasteiger partial charge in [-0.15, -0.1) is 6.58 Å². The van der Waals surface area contributed by atoms with Crippen LogP contribution in [0.3, 0.4) is 0 Å². The molecule has 6 nitrogen and oxygen atoms in total. The summed E-state index contributed by atoms with van der Waals surface area (Å²) in [6, 6.07) is 18.8. The summed E-state index contributed by atoms with van der Waals surface area (Å²) in [5.41, 5.74) is 6.76. The van der Waals surface area contributed by atoms with Gasteiger partial charge in [0.1, 0.15) is 11.6 Å². The van der Waals surface area contributed by atoms with Gasteiger partial charge in [0.05, 0.1) is 46.5 Å². The number of thiazole rings is 1. The van der Waals surface area contributed by atoms with Gasteiger partial charge in [0.15, 0.2) is 5.13 Å². The Hall–Kier alpha value is -4.01. The van der Waals surface area contributed by atoms with Crippen molar-refractivity contribution in [3.05, 3.63) is 90.9 Å². The van der Waals surface area contributed by atoms with Gasteiger partial charge in [-0.2, -0.15) is 0 Å². The van der Waals surface area contributed by atoms with Crippen molar-refractivity contribution in [1.82, 2.24) is 15.0 Å². The molecule has 8 heteroatoms. The molecule has 1 fully saturated rings. The lowest BCUT2D eigenvalue weighted by Gasteiger charge is -2.35. The van der Waals surface area contributed by atoms with Crippen LogP contribution in [0.1, 0.15) is 12.5 Å². The van der Waals surface area contributed by atoms with E-state index in [1.807, 2.05) is 12.1 Å². The van der Waals surface area contributed by atoms with Crippen molar-refractivity contribution < 1.29 is 9.13 Å². The maximum Gasteiger partial charge on any atom is 0.186 e. The van der Waals surface area contributed by atoms with E-state index < -0.39 is 0 Å². The second kappa shape index (κ2) is 10.0. The van der Waals surface area contributed by atoms with Crippen LogP contribution in [0.5, 0.6) is 0 Å². The molecular weight excluding hydrogens is 497 g/mol. The highest BCUT2D eigenvalue weighted by molar-refractivity contribution is 7.22. The predicted molar refractivity (Wildman–Crippen MR) is 154 cm³/mol. The number of hydrogen-bond acceptors (Lipinski definition) is 6. The minimum atomic E-state index is -0.258. The zero-order valence-electron chi connectivity index (χ0n) is 21.2. The molecule has 2 atom stereocenters. The maximum atomic E-state index is 13.3. The van der Waals surface area contributed by atoms with E-state index in [-0.39, 0.29) is 18.0 Å². The minimum Gasteiger partial charge on any atom is -0.368 e. The van der Waals surface area contributed by atoms with Crippen LogP contribution < -0.4 is 10.2 Å². The highest BCUT2D eigenvalue weighted by Crippen LogP contribution is 2.37. The summed E-state index contributed by atoms with van der Waals surface area (Å²) in [5.74, 6) is 0.508. The molecule has 5 aromatic rings. The summed E-state index contributed by atoms with van der Waals surface area (Å²) in [6.07, 6.45) is 3.76. The number of aromatic amines is 1. The number of H-pyrrole nitrogens is 1. The van der Waals surface area contributed by atoms with Crippen molar-refractivity contribution in [2.45, 2.75) is 26.1 Å². The van der Waals surface area contributed by atoms with E-state index in [1.165, 1.54) is 12.1 Å². The summed E-state index contributed by atoms with van der Waals surface area (Å²) >= 11 is 1.69. The van der Waals surface area contributed by atoms with Crippen molar-refractivity contribution in [1.29, 1.82) is 0 Å². The molecule has 2 N–H and O–H groups in total. The van der Waals surface area contributed by atoms with E-state index >= 15 is 0 Å². The van der Waals surface area contributed by atoms with E-state index in [1.54, 1.807) is 29.7 Å². The van der Waals surface area contributed by atoms with Crippen LogP contribution in [0.2, 0.25) is 0 Å². The molecule has 0 bridgehead atoms. The lowest BCUT2D eigenvalue weighted by Crippen LogP contribution is -2.45. The predicted octanol–water partition coefficient (Wildman–Crippen LogP) is 7.32. The van der Waals surface area contributed by atoms with Crippen molar-refractivity contribution in [3.63, 3.8) is 0 Å². The minimum absolute atomic E-state index is 0.000453. The van der Waals surface area contributed by atoms with Gasteiger partial charge in [-0.3, -0.25) is 0 Å². The summed E-state index contributed by atoms with van der Waals surface area (Å²) in [5, 5.41) is 4.59. The average molecular weight is 526 g/mol. The third-order valence-corrected chi connectivity index (χ3v) is 7.89. The van der Waals surface area contributed by atoms with E-state index in [0.717, 1.165) is 68.0 Å². The van der Waals surface area contributed by atoms with E-state index in [9.17, 15) is 4.39 Å². The molecular formula is C30H28FN5OS. The molecule has 0 saturated carbocycles. The molecule has 0 aliphatic carbocycles. The molecule has 192 valence electrons. The number of aromatic nitrogens is 3. The van der Waals surface area contributed by atoms with Gasteiger partial charge < -0.3 is 19.9 Å². The monoisotopic (exact) mass is 525 g/mol. The van der Waals surface area contributed by atoms with Gasteiger partial charge in [0, 0.05) is 17.8 Å². The lowest BCUT2D eigenvalue weighted by molar-refractivity contribution is 0.0104. The lowest BCUT2D eigenvalue weighted by atomic mass is 10.1. The molecule has 1 aliphatic heterocycles. The Kier molecular flexibility index (Phi) is 6.43. The standard InChI is InChI=1S/C30H28FN5OS/c1-4-23-17-36(16-19(3)37-23)30-35-26-7-5-6-25(28(26)38-30)33-22-13-8-18(2)24(14-22)29-32-15-27(34-29)20-9-11-21(31)12-10-20/h4-15,19,23,33H,1,16-17H2,2-3H3,(H,32,34)/t19-,23+/m1/s1. The van der Waals surface area contributed by atoms with Crippen LogP contribution >= 0.6 is 11.3 Å². The number of anilines is 3. The van der Waals surface area contributed by atoms with Crippen LogP contribution in [0.15, 0.2) is 79.5 Å². The van der Waals surface area contributed by atoms with Crippen molar-refractivity contribution in [2.75, 3.05) is 23.3 Å². The van der Waals surface area contributed by atoms with Gasteiger partial charge in [0.2, 0.25) is 0 Å². The fourth-order valence-corrected chi connectivity index (χ4v) is 5.84. The summed E-state index contributed by atoms with van der Waals surface area (Å²) in [6.45, 7) is 9.61. The number of imidazole rings is 1. The third kappa shape index (κ3) is 4.80. The molecule has 6 rings (SSSR count). The Labute approximate surface area is 224 Å². The number of halogens is 1. The summed E-state index contributed by atoms with van der Waals surface area (Å²) in [7, 11) is 0. The first-order valence-corrected chi connectivity index (χ1v) is 13.4. The average Bonchev–Trinajstić information content (AvgIpc) is 3.58. The SMILES string of the molecule is C=C[C@H]1CN(c2nc3cccc(Nc4ccc(C)c(-c5ncc(-c6ccc(F)cc6)[nH]5)c4)c3s2)C[C@@H](C)O1. The number of rotatable bonds is 6. The molecule has 38 heavy (non-hydrogen) atoms. The van der Waals surface area contributed by atoms with Crippen LogP contribution in [0.4, 0.5) is 20.9 Å². The second-order valence-electron chi connectivity index (χ2n) is 9.58. The van der Waals surface area contributed by atoms with Crippen LogP contribution in [-0.4, -0.2) is 40.2 Å². The Morgan fingerprint density at radius 3 is 2.82 bits per heavy atom. The molecule has 0 radical (unpaired) electrons. The first kappa shape index (κ1) is 24.3. The second-order valence-corrected chi connectivity index (χ2v) is 10.6. The number of benzene rings is 3. The molecule has 3 heterocycles. The number of nitrogens with zero attached hydrogens (tertiary/aromatic N) is 3. The Morgan fingerprint density at radius 2 is 2.00 bits per heavy atom. The zero-order valence-corrected chi connectivity index (χ0v) is 22.1. The van der Waals surface area contributed by atoms with E-state index in [0.29, 0.717) is 0 Å². The summed E-state index contributed by atoms with van der Waals surface area (Å²) in [4.78, 5) is 15.2. The highest BCUT2D eigenvalue weighted by Gasteiger charge is 2.26. The fourth-order valence-electron chi connectivity index (χ4n) is 4.79. The molecule has 0 spiro atoms. The maximum absolute atomic E-state index is 13.3. The van der Waals surface area contributed by atoms with E-state index in [2.05, 4.69) is 70.9 Å². The summed E-state index contributed by atoms with van der Waals surface area (Å²) < 4.78 is 20.4. The number of ether oxygens (including phenoxy) is 1. The first-order valence-electron chi connectivity index (χ1n) is 12.6. The molecule has 1 saturated heterocycles. The van der Waals surface area contributed by atoms with Crippen LogP contribution in [0, 0.1) is 12.7 Å². The van der Waals surface area contributed by atoms with Gasteiger partial charge >= 0.3 is 0 Å². The Balaban J connectivity index is 1.28. The largest absolute Gasteiger partial charge is 0.368 e. The number of nitrogens with one attached hydrogen (secondary N) is 2. The van der Waals surface area contributed by atoms with Crippen LogP contribution in [0.25, 0.3) is 32.9 Å². The first-order chi connectivity index (χ1) is 18.5. The number of aryl methyl sites for hydroxylation is 1. The fraction of sp³-hybridized carbons (Fsp3) is 0.200. The van der Waals surface area contributed by atoms with Gasteiger partial charge in [-0.05, 0) is 73.5 Å². The molecule has 0 unspecified atom stereocenters. The Bertz CT molecular complexity index is 1610. The molecule has 2 aromatic heterocycles. The Morgan fingerprint density at radius 1 is 1.16 bits per heavy atom. The van der Waals surface area contributed by atoms with Crippen molar-refractivity contribution in [3.8, 4) is 22.6 Å². The van der Waals surface area contributed by atoms with E-state index in [4.69, 9.17) is 9.72 Å².